The van der Waals surface area contributed by atoms with Crippen LogP contribution in [-0.4, -0.2) is 58.3 Å². The smallest absolute Gasteiger partial charge is 0.320 e. The van der Waals surface area contributed by atoms with E-state index in [0.29, 0.717) is 24.7 Å². The molecule has 0 radical (unpaired) electrons. The molecule has 1 atom stereocenters. The molecule has 140 valence electrons. The minimum Gasteiger partial charge on any atom is -0.350 e. The minimum atomic E-state index is -0.169. The Labute approximate surface area is 154 Å². The quantitative estimate of drug-likeness (QED) is 0.914. The van der Waals surface area contributed by atoms with Crippen LogP contribution in [0.25, 0.3) is 5.52 Å². The molecular weight excluding hydrogens is 330 g/mol. The third-order valence-electron chi connectivity index (χ3n) is 4.64. The van der Waals surface area contributed by atoms with Gasteiger partial charge in [-0.1, -0.05) is 19.9 Å². The molecule has 0 aliphatic carbocycles. The van der Waals surface area contributed by atoms with Crippen molar-refractivity contribution in [3.63, 3.8) is 0 Å². The van der Waals surface area contributed by atoms with E-state index in [1.165, 1.54) is 0 Å². The van der Waals surface area contributed by atoms with Gasteiger partial charge in [0, 0.05) is 33.4 Å². The van der Waals surface area contributed by atoms with E-state index in [0.717, 1.165) is 24.2 Å². The number of hydrogen-bond donors (Lipinski definition) is 1. The number of aromatic nitrogens is 2. The molecular formula is C19H27N5O2. The highest BCUT2D eigenvalue weighted by molar-refractivity contribution is 5.99. The van der Waals surface area contributed by atoms with Gasteiger partial charge in [0.15, 0.2) is 5.69 Å². The molecule has 2 aromatic heterocycles. The number of rotatable bonds is 4. The summed E-state index contributed by atoms with van der Waals surface area (Å²) in [5.74, 6) is 0.954. The van der Waals surface area contributed by atoms with Crippen molar-refractivity contribution >= 4 is 17.5 Å². The lowest BCUT2D eigenvalue weighted by atomic mass is 10.2. The van der Waals surface area contributed by atoms with Crippen molar-refractivity contribution in [1.29, 1.82) is 0 Å². The van der Waals surface area contributed by atoms with Crippen LogP contribution in [-0.2, 0) is 0 Å². The van der Waals surface area contributed by atoms with Crippen LogP contribution >= 0.6 is 0 Å². The molecule has 1 aliphatic rings. The van der Waals surface area contributed by atoms with Crippen LogP contribution in [0.4, 0.5) is 4.79 Å². The Bertz CT molecular complexity index is 811. The monoisotopic (exact) mass is 357 g/mol. The number of likely N-dealkylation sites (tertiary alicyclic amines) is 1. The van der Waals surface area contributed by atoms with E-state index in [9.17, 15) is 9.59 Å². The molecule has 1 fully saturated rings. The van der Waals surface area contributed by atoms with Gasteiger partial charge >= 0.3 is 6.03 Å². The van der Waals surface area contributed by atoms with Gasteiger partial charge in [0.1, 0.15) is 5.82 Å². The molecule has 0 unspecified atom stereocenters. The predicted octanol–water partition coefficient (Wildman–Crippen LogP) is 2.54. The van der Waals surface area contributed by atoms with Gasteiger partial charge in [-0.3, -0.25) is 4.79 Å². The average molecular weight is 357 g/mol. The predicted molar refractivity (Wildman–Crippen MR) is 100 cm³/mol. The molecule has 0 saturated carbocycles. The average Bonchev–Trinajstić information content (AvgIpc) is 3.23. The van der Waals surface area contributed by atoms with Crippen molar-refractivity contribution in [3.8, 4) is 0 Å². The Balaban J connectivity index is 1.99. The van der Waals surface area contributed by atoms with Gasteiger partial charge in [-0.15, -0.1) is 0 Å². The maximum atomic E-state index is 12.6. The van der Waals surface area contributed by atoms with Crippen molar-refractivity contribution in [2.45, 2.75) is 32.7 Å². The first-order valence-corrected chi connectivity index (χ1v) is 9.13. The van der Waals surface area contributed by atoms with Crippen molar-refractivity contribution in [3.05, 3.63) is 35.9 Å². The van der Waals surface area contributed by atoms with Gasteiger partial charge in [-0.05, 0) is 30.9 Å². The molecule has 7 nitrogen and oxygen atoms in total. The van der Waals surface area contributed by atoms with Gasteiger partial charge in [-0.25, -0.2) is 9.78 Å². The van der Waals surface area contributed by atoms with E-state index in [1.807, 2.05) is 33.7 Å². The standard InChI is InChI=1S/C19H27N5O2/c1-13(2)12-20-18(25)16-14-8-5-6-10-23(14)17(21-16)15-9-7-11-24(15)19(26)22(3)4/h5-6,8,10,13,15H,7,9,11-12H2,1-4H3,(H,20,25)/t15-/m1/s1. The summed E-state index contributed by atoms with van der Waals surface area (Å²) in [5, 5.41) is 2.94. The highest BCUT2D eigenvalue weighted by atomic mass is 16.2. The van der Waals surface area contributed by atoms with Crippen LogP contribution in [0.1, 0.15) is 49.0 Å². The third-order valence-corrected chi connectivity index (χ3v) is 4.64. The molecule has 0 aromatic carbocycles. The summed E-state index contributed by atoms with van der Waals surface area (Å²) in [6.45, 7) is 5.42. The number of nitrogens with one attached hydrogen (secondary N) is 1. The molecule has 2 aromatic rings. The fourth-order valence-electron chi connectivity index (χ4n) is 3.37. The van der Waals surface area contributed by atoms with Crippen LogP contribution in [0.3, 0.4) is 0 Å². The van der Waals surface area contributed by atoms with Crippen molar-refractivity contribution in [2.75, 3.05) is 27.2 Å². The lowest BCUT2D eigenvalue weighted by molar-refractivity contribution is 0.0946. The third kappa shape index (κ3) is 3.38. The Morgan fingerprint density at radius 2 is 2.12 bits per heavy atom. The zero-order valence-corrected chi connectivity index (χ0v) is 15.9. The number of nitrogens with zero attached hydrogens (tertiary/aromatic N) is 4. The first-order valence-electron chi connectivity index (χ1n) is 9.13. The second-order valence-electron chi connectivity index (χ2n) is 7.41. The topological polar surface area (TPSA) is 70.0 Å². The van der Waals surface area contributed by atoms with E-state index in [-0.39, 0.29) is 18.0 Å². The van der Waals surface area contributed by atoms with Crippen molar-refractivity contribution in [2.24, 2.45) is 5.92 Å². The summed E-state index contributed by atoms with van der Waals surface area (Å²) >= 11 is 0. The number of amides is 3. The number of pyridine rings is 1. The molecule has 26 heavy (non-hydrogen) atoms. The number of carbonyl (C=O) groups excluding carboxylic acids is 2. The van der Waals surface area contributed by atoms with Crippen molar-refractivity contribution < 1.29 is 9.59 Å². The van der Waals surface area contributed by atoms with E-state index in [4.69, 9.17) is 0 Å². The van der Waals surface area contributed by atoms with Crippen molar-refractivity contribution in [1.82, 2.24) is 24.5 Å². The molecule has 1 N–H and O–H groups in total. The summed E-state index contributed by atoms with van der Waals surface area (Å²) in [7, 11) is 3.51. The van der Waals surface area contributed by atoms with Gasteiger partial charge in [0.25, 0.3) is 5.91 Å². The fraction of sp³-hybridized carbons (Fsp3) is 0.526. The van der Waals surface area contributed by atoms with E-state index in [1.54, 1.807) is 19.0 Å². The van der Waals surface area contributed by atoms with Gasteiger partial charge in [0.05, 0.1) is 11.6 Å². The summed E-state index contributed by atoms with van der Waals surface area (Å²) < 4.78 is 1.94. The van der Waals surface area contributed by atoms with Gasteiger partial charge < -0.3 is 19.5 Å². The molecule has 1 aliphatic heterocycles. The lowest BCUT2D eigenvalue weighted by Gasteiger charge is -2.27. The molecule has 0 spiro atoms. The number of fused-ring (bicyclic) bond motifs is 1. The zero-order valence-electron chi connectivity index (χ0n) is 15.9. The van der Waals surface area contributed by atoms with Crippen LogP contribution in [0, 0.1) is 5.92 Å². The van der Waals surface area contributed by atoms with E-state index >= 15 is 0 Å². The SMILES string of the molecule is CC(C)CNC(=O)c1nc([C@H]2CCCN2C(=O)N(C)C)n2ccccc12. The molecule has 3 amide bonds. The molecule has 7 heteroatoms. The molecule has 3 rings (SSSR count). The number of imidazole rings is 1. The van der Waals surface area contributed by atoms with Gasteiger partial charge in [-0.2, -0.15) is 0 Å². The Kier molecular flexibility index (Phi) is 5.15. The Morgan fingerprint density at radius 1 is 1.35 bits per heavy atom. The second-order valence-corrected chi connectivity index (χ2v) is 7.41. The molecule has 1 saturated heterocycles. The highest BCUT2D eigenvalue weighted by Crippen LogP contribution is 2.33. The summed E-state index contributed by atoms with van der Waals surface area (Å²) in [6, 6.07) is 5.57. The largest absolute Gasteiger partial charge is 0.350 e. The summed E-state index contributed by atoms with van der Waals surface area (Å²) in [5.41, 5.74) is 1.19. The Hall–Kier alpha value is -2.57. The number of carbonyl (C=O) groups is 2. The summed E-state index contributed by atoms with van der Waals surface area (Å²) in [4.78, 5) is 33.3. The normalized spacial score (nSPS) is 17.1. The highest BCUT2D eigenvalue weighted by Gasteiger charge is 2.34. The number of hydrogen-bond acceptors (Lipinski definition) is 3. The second kappa shape index (κ2) is 7.35. The first-order chi connectivity index (χ1) is 12.4. The van der Waals surface area contributed by atoms with Gasteiger partial charge in [0.2, 0.25) is 0 Å². The maximum absolute atomic E-state index is 12.6. The van der Waals surface area contributed by atoms with Crippen LogP contribution in [0.15, 0.2) is 24.4 Å². The Morgan fingerprint density at radius 3 is 2.81 bits per heavy atom. The minimum absolute atomic E-state index is 0.0222. The first kappa shape index (κ1) is 18.2. The zero-order chi connectivity index (χ0) is 18.8. The van der Waals surface area contributed by atoms with Crippen LogP contribution < -0.4 is 5.32 Å². The van der Waals surface area contributed by atoms with Crippen LogP contribution in [0.2, 0.25) is 0 Å². The van der Waals surface area contributed by atoms with E-state index in [2.05, 4.69) is 24.1 Å². The maximum Gasteiger partial charge on any atom is 0.320 e. The fourth-order valence-corrected chi connectivity index (χ4v) is 3.37. The molecule has 0 bridgehead atoms. The van der Waals surface area contributed by atoms with Crippen LogP contribution in [0.5, 0.6) is 0 Å². The molecule has 3 heterocycles. The summed E-state index contributed by atoms with van der Waals surface area (Å²) in [6.07, 6.45) is 3.69. The number of urea groups is 1. The van der Waals surface area contributed by atoms with E-state index < -0.39 is 0 Å². The lowest BCUT2D eigenvalue weighted by Crippen LogP contribution is -2.39.